The van der Waals surface area contributed by atoms with Gasteiger partial charge in [0.25, 0.3) is 5.91 Å². The highest BCUT2D eigenvalue weighted by Gasteiger charge is 2.10. The first kappa shape index (κ1) is 18.8. The zero-order valence-electron chi connectivity index (χ0n) is 14.1. The van der Waals surface area contributed by atoms with Crippen molar-refractivity contribution >= 4 is 34.8 Å². The van der Waals surface area contributed by atoms with Crippen LogP contribution in [-0.4, -0.2) is 5.91 Å². The van der Waals surface area contributed by atoms with Crippen LogP contribution in [0.4, 0.5) is 5.69 Å². The number of ether oxygens (including phenoxy) is 1. The van der Waals surface area contributed by atoms with Crippen molar-refractivity contribution in [2.45, 2.75) is 6.61 Å². The molecule has 0 radical (unpaired) electrons. The van der Waals surface area contributed by atoms with Crippen molar-refractivity contribution in [1.29, 1.82) is 5.26 Å². The first-order valence-electron chi connectivity index (χ1n) is 8.04. The molecule has 1 N–H and O–H groups in total. The molecule has 4 nitrogen and oxygen atoms in total. The van der Waals surface area contributed by atoms with Gasteiger partial charge in [-0.15, -0.1) is 0 Å². The molecule has 0 aliphatic carbocycles. The number of anilines is 1. The summed E-state index contributed by atoms with van der Waals surface area (Å²) >= 11 is 12.0. The minimum atomic E-state index is -0.302. The fraction of sp³-hybridized carbons (Fsp3) is 0.0476. The quantitative estimate of drug-likeness (QED) is 0.601. The minimum Gasteiger partial charge on any atom is -0.487 e. The zero-order chi connectivity index (χ0) is 19.2. The number of nitrogens with zero attached hydrogens (tertiary/aromatic N) is 1. The Hall–Kier alpha value is -3.00. The van der Waals surface area contributed by atoms with Gasteiger partial charge in [0, 0.05) is 10.6 Å². The Balaban J connectivity index is 1.71. The Morgan fingerprint density at radius 1 is 1.04 bits per heavy atom. The average molecular weight is 397 g/mol. The summed E-state index contributed by atoms with van der Waals surface area (Å²) in [6.07, 6.45) is 0. The van der Waals surface area contributed by atoms with Gasteiger partial charge in [-0.05, 0) is 48.0 Å². The van der Waals surface area contributed by atoms with E-state index in [1.165, 1.54) is 0 Å². The van der Waals surface area contributed by atoms with Gasteiger partial charge in [0.05, 0.1) is 16.3 Å². The molecule has 0 spiro atoms. The van der Waals surface area contributed by atoms with Crippen molar-refractivity contribution in [2.75, 3.05) is 5.32 Å². The third-order valence-electron chi connectivity index (χ3n) is 3.77. The first-order valence-corrected chi connectivity index (χ1v) is 8.79. The number of hydrogen-bond acceptors (Lipinski definition) is 3. The van der Waals surface area contributed by atoms with Crippen LogP contribution in [0.25, 0.3) is 0 Å². The number of benzene rings is 3. The van der Waals surface area contributed by atoms with Crippen molar-refractivity contribution < 1.29 is 9.53 Å². The number of halogens is 2. The van der Waals surface area contributed by atoms with Crippen molar-refractivity contribution in [3.63, 3.8) is 0 Å². The predicted molar refractivity (Wildman–Crippen MR) is 106 cm³/mol. The lowest BCUT2D eigenvalue weighted by Crippen LogP contribution is -2.13. The lowest BCUT2D eigenvalue weighted by Gasteiger charge is -2.10. The molecule has 0 atom stereocenters. The number of nitriles is 1. The lowest BCUT2D eigenvalue weighted by molar-refractivity contribution is 0.102. The predicted octanol–water partition coefficient (Wildman–Crippen LogP) is 5.70. The molecule has 3 aromatic rings. The van der Waals surface area contributed by atoms with Gasteiger partial charge in [0.15, 0.2) is 0 Å². The largest absolute Gasteiger partial charge is 0.487 e. The van der Waals surface area contributed by atoms with Gasteiger partial charge in [0.1, 0.15) is 18.4 Å². The Morgan fingerprint density at radius 3 is 2.63 bits per heavy atom. The molecule has 3 aromatic carbocycles. The summed E-state index contributed by atoms with van der Waals surface area (Å²) in [7, 11) is 0. The number of amides is 1. The second kappa shape index (κ2) is 8.59. The smallest absolute Gasteiger partial charge is 0.255 e. The third kappa shape index (κ3) is 4.79. The van der Waals surface area contributed by atoms with Crippen molar-refractivity contribution in [1.82, 2.24) is 0 Å². The van der Waals surface area contributed by atoms with Gasteiger partial charge in [-0.25, -0.2) is 0 Å². The molecule has 0 fully saturated rings. The zero-order valence-corrected chi connectivity index (χ0v) is 15.6. The normalized spacial score (nSPS) is 10.1. The van der Waals surface area contributed by atoms with E-state index >= 15 is 0 Å². The second-order valence-corrected chi connectivity index (χ2v) is 6.52. The van der Waals surface area contributed by atoms with E-state index in [1.54, 1.807) is 60.7 Å². The molecule has 0 aliphatic rings. The van der Waals surface area contributed by atoms with Crippen LogP contribution < -0.4 is 10.1 Å². The maximum absolute atomic E-state index is 12.5. The van der Waals surface area contributed by atoms with Gasteiger partial charge < -0.3 is 10.1 Å². The van der Waals surface area contributed by atoms with Crippen LogP contribution in [0.5, 0.6) is 5.75 Å². The van der Waals surface area contributed by atoms with E-state index in [1.807, 2.05) is 6.07 Å². The van der Waals surface area contributed by atoms with Crippen LogP contribution in [0.15, 0.2) is 66.7 Å². The Kier molecular flexibility index (Phi) is 5.97. The molecular weight excluding hydrogens is 383 g/mol. The van der Waals surface area contributed by atoms with Crippen molar-refractivity contribution in [3.8, 4) is 11.8 Å². The van der Waals surface area contributed by atoms with Gasteiger partial charge in [-0.2, -0.15) is 5.26 Å². The summed E-state index contributed by atoms with van der Waals surface area (Å²) in [4.78, 5) is 12.5. The Bertz CT molecular complexity index is 1030. The number of rotatable bonds is 5. The lowest BCUT2D eigenvalue weighted by atomic mass is 10.1. The average Bonchev–Trinajstić information content (AvgIpc) is 2.68. The molecule has 0 saturated carbocycles. The first-order chi connectivity index (χ1) is 13.1. The monoisotopic (exact) mass is 396 g/mol. The van der Waals surface area contributed by atoms with Crippen LogP contribution in [0, 0.1) is 11.3 Å². The molecule has 0 aliphatic heterocycles. The van der Waals surface area contributed by atoms with E-state index in [0.29, 0.717) is 32.6 Å². The molecule has 0 heterocycles. The highest BCUT2D eigenvalue weighted by atomic mass is 35.5. The number of para-hydroxylation sites is 1. The Labute approximate surface area is 166 Å². The molecule has 6 heteroatoms. The summed E-state index contributed by atoms with van der Waals surface area (Å²) in [5.41, 5.74) is 2.15. The fourth-order valence-corrected chi connectivity index (χ4v) is 2.90. The second-order valence-electron chi connectivity index (χ2n) is 5.68. The number of nitrogens with one attached hydrogen (secondary N) is 1. The molecule has 0 bridgehead atoms. The van der Waals surface area contributed by atoms with Crippen LogP contribution in [-0.2, 0) is 6.61 Å². The van der Waals surface area contributed by atoms with E-state index in [2.05, 4.69) is 11.4 Å². The standard InChI is InChI=1S/C21H14Cl2N2O2/c22-17-8-9-20(18(23)11-17)27-13-14-4-3-6-15(10-14)21(26)25-19-7-2-1-5-16(19)12-24/h1-11H,13H2,(H,25,26). The van der Waals surface area contributed by atoms with E-state index in [4.69, 9.17) is 33.2 Å². The minimum absolute atomic E-state index is 0.247. The van der Waals surface area contributed by atoms with Crippen LogP contribution in [0.1, 0.15) is 21.5 Å². The van der Waals surface area contributed by atoms with Crippen LogP contribution in [0.2, 0.25) is 10.0 Å². The van der Waals surface area contributed by atoms with E-state index in [-0.39, 0.29) is 12.5 Å². The summed E-state index contributed by atoms with van der Waals surface area (Å²) in [5.74, 6) is 0.211. The number of carbonyl (C=O) groups excluding carboxylic acids is 1. The number of hydrogen-bond donors (Lipinski definition) is 1. The Morgan fingerprint density at radius 2 is 1.85 bits per heavy atom. The molecule has 27 heavy (non-hydrogen) atoms. The highest BCUT2D eigenvalue weighted by Crippen LogP contribution is 2.28. The van der Waals surface area contributed by atoms with Gasteiger partial charge >= 0.3 is 0 Å². The molecule has 0 aromatic heterocycles. The topological polar surface area (TPSA) is 62.1 Å². The van der Waals surface area contributed by atoms with Crippen LogP contribution in [0.3, 0.4) is 0 Å². The van der Waals surface area contributed by atoms with Crippen molar-refractivity contribution in [3.05, 3.63) is 93.5 Å². The van der Waals surface area contributed by atoms with E-state index in [9.17, 15) is 4.79 Å². The SMILES string of the molecule is N#Cc1ccccc1NC(=O)c1cccc(COc2ccc(Cl)cc2Cl)c1. The summed E-state index contributed by atoms with van der Waals surface area (Å²) in [6.45, 7) is 0.247. The van der Waals surface area contributed by atoms with Gasteiger partial charge in [-0.3, -0.25) is 4.79 Å². The van der Waals surface area contributed by atoms with Crippen LogP contribution >= 0.6 is 23.2 Å². The highest BCUT2D eigenvalue weighted by molar-refractivity contribution is 6.35. The fourth-order valence-electron chi connectivity index (χ4n) is 2.44. The molecule has 0 unspecified atom stereocenters. The van der Waals surface area contributed by atoms with Gasteiger partial charge in [0.2, 0.25) is 0 Å². The third-order valence-corrected chi connectivity index (χ3v) is 4.30. The molecular formula is C21H14Cl2N2O2. The van der Waals surface area contributed by atoms with Crippen molar-refractivity contribution in [2.24, 2.45) is 0 Å². The number of carbonyl (C=O) groups is 1. The van der Waals surface area contributed by atoms with E-state index < -0.39 is 0 Å². The maximum atomic E-state index is 12.5. The maximum Gasteiger partial charge on any atom is 0.255 e. The van der Waals surface area contributed by atoms with Gasteiger partial charge in [-0.1, -0.05) is 47.5 Å². The molecule has 0 saturated heterocycles. The summed E-state index contributed by atoms with van der Waals surface area (Å²) in [6, 6.07) is 20.9. The van der Waals surface area contributed by atoms with E-state index in [0.717, 1.165) is 5.56 Å². The summed E-state index contributed by atoms with van der Waals surface area (Å²) in [5, 5.41) is 12.8. The molecule has 1 amide bonds. The molecule has 3 rings (SSSR count). The summed E-state index contributed by atoms with van der Waals surface area (Å²) < 4.78 is 5.70. The molecule has 134 valence electrons.